The monoisotopic (exact) mass is 599 g/mol. The van der Waals surface area contributed by atoms with Crippen LogP contribution in [0.3, 0.4) is 0 Å². The van der Waals surface area contributed by atoms with Gasteiger partial charge in [-0.2, -0.15) is 0 Å². The lowest BCUT2D eigenvalue weighted by Crippen LogP contribution is -2.51. The van der Waals surface area contributed by atoms with Gasteiger partial charge >= 0.3 is 0 Å². The first-order chi connectivity index (χ1) is 21.6. The van der Waals surface area contributed by atoms with Gasteiger partial charge in [-0.1, -0.05) is 121 Å². The van der Waals surface area contributed by atoms with Crippen LogP contribution in [0.15, 0.2) is 140 Å². The van der Waals surface area contributed by atoms with Crippen molar-refractivity contribution >= 4 is 28.7 Å². The second kappa shape index (κ2) is 13.2. The SMILES string of the molecule is CC(COc1ccc(CC2SC(=O)N(C(c3ccccc3)(c3ccccc3)c3ccccc3)C2=O)cc1)Nc1ccccn1. The molecule has 4 aromatic carbocycles. The van der Waals surface area contributed by atoms with E-state index < -0.39 is 10.8 Å². The van der Waals surface area contributed by atoms with Gasteiger partial charge in [-0.15, -0.1) is 0 Å². The van der Waals surface area contributed by atoms with E-state index in [0.717, 1.165) is 45.6 Å². The van der Waals surface area contributed by atoms with Crippen LogP contribution in [-0.2, 0) is 16.8 Å². The molecule has 5 aromatic rings. The lowest BCUT2D eigenvalue weighted by molar-refractivity contribution is -0.129. The number of thioether (sulfide) groups is 1. The van der Waals surface area contributed by atoms with Crippen LogP contribution in [0.1, 0.15) is 29.2 Å². The molecule has 44 heavy (non-hydrogen) atoms. The van der Waals surface area contributed by atoms with Crippen LogP contribution in [0.4, 0.5) is 10.6 Å². The van der Waals surface area contributed by atoms with Crippen LogP contribution in [0.5, 0.6) is 5.75 Å². The molecule has 1 aliphatic rings. The highest BCUT2D eigenvalue weighted by Gasteiger charge is 2.53. The van der Waals surface area contributed by atoms with Crippen LogP contribution in [0, 0.1) is 0 Å². The Morgan fingerprint density at radius 3 is 1.84 bits per heavy atom. The molecule has 2 unspecified atom stereocenters. The summed E-state index contributed by atoms with van der Waals surface area (Å²) < 4.78 is 5.99. The molecule has 1 aliphatic heterocycles. The van der Waals surface area contributed by atoms with E-state index >= 15 is 0 Å². The third-order valence-corrected chi connectivity index (χ3v) is 8.77. The minimum Gasteiger partial charge on any atom is -0.491 e. The van der Waals surface area contributed by atoms with E-state index in [9.17, 15) is 9.59 Å². The molecule has 1 aromatic heterocycles. The molecule has 2 heterocycles. The fourth-order valence-corrected chi connectivity index (χ4v) is 6.77. The highest BCUT2D eigenvalue weighted by Crippen LogP contribution is 2.47. The van der Waals surface area contributed by atoms with E-state index in [0.29, 0.717) is 13.0 Å². The number of aromatic nitrogens is 1. The molecule has 0 spiro atoms. The van der Waals surface area contributed by atoms with Crippen molar-refractivity contribution in [3.05, 3.63) is 162 Å². The van der Waals surface area contributed by atoms with Crippen molar-refractivity contribution < 1.29 is 14.3 Å². The number of hydrogen-bond donors (Lipinski definition) is 1. The molecule has 2 atom stereocenters. The van der Waals surface area contributed by atoms with Crippen molar-refractivity contribution in [2.24, 2.45) is 0 Å². The Bertz CT molecular complexity index is 1590. The van der Waals surface area contributed by atoms with Crippen LogP contribution in [0.25, 0.3) is 0 Å². The summed E-state index contributed by atoms with van der Waals surface area (Å²) in [6.45, 7) is 2.51. The maximum Gasteiger partial charge on any atom is 0.290 e. The van der Waals surface area contributed by atoms with Gasteiger partial charge in [-0.3, -0.25) is 14.5 Å². The second-order valence-corrected chi connectivity index (χ2v) is 11.9. The third kappa shape index (κ3) is 5.96. The predicted octanol–water partition coefficient (Wildman–Crippen LogP) is 7.56. The Labute approximate surface area is 262 Å². The number of pyridine rings is 1. The van der Waals surface area contributed by atoms with Crippen LogP contribution in [0.2, 0.25) is 0 Å². The van der Waals surface area contributed by atoms with Crippen molar-refractivity contribution in [1.82, 2.24) is 9.88 Å². The summed E-state index contributed by atoms with van der Waals surface area (Å²) in [5.74, 6) is 1.34. The number of ether oxygens (including phenoxy) is 1. The summed E-state index contributed by atoms with van der Waals surface area (Å²) in [5, 5.41) is 2.51. The lowest BCUT2D eigenvalue weighted by atomic mass is 9.75. The fraction of sp³-hybridized carbons (Fsp3) is 0.162. The number of benzene rings is 4. The second-order valence-electron chi connectivity index (χ2n) is 10.8. The molecule has 6 rings (SSSR count). The fourth-order valence-electron chi connectivity index (χ4n) is 5.71. The minimum atomic E-state index is -1.11. The molecule has 6 nitrogen and oxygen atoms in total. The van der Waals surface area contributed by atoms with Gasteiger partial charge in [0.1, 0.15) is 23.7 Å². The number of nitrogens with zero attached hydrogens (tertiary/aromatic N) is 2. The Kier molecular flexibility index (Phi) is 8.75. The molecule has 1 saturated heterocycles. The average molecular weight is 600 g/mol. The average Bonchev–Trinajstić information content (AvgIpc) is 3.35. The van der Waals surface area contributed by atoms with Gasteiger partial charge in [-0.05, 0) is 59.9 Å². The summed E-state index contributed by atoms with van der Waals surface area (Å²) in [6, 6.07) is 43.0. The van der Waals surface area contributed by atoms with Crippen molar-refractivity contribution in [3.8, 4) is 5.75 Å². The van der Waals surface area contributed by atoms with E-state index in [2.05, 4.69) is 10.3 Å². The van der Waals surface area contributed by atoms with Crippen LogP contribution < -0.4 is 10.1 Å². The van der Waals surface area contributed by atoms with Gasteiger partial charge in [0, 0.05) is 6.20 Å². The van der Waals surface area contributed by atoms with Crippen LogP contribution in [-0.4, -0.2) is 38.9 Å². The van der Waals surface area contributed by atoms with Gasteiger partial charge in [0.15, 0.2) is 0 Å². The zero-order valence-corrected chi connectivity index (χ0v) is 25.2. The molecule has 0 aliphatic carbocycles. The Morgan fingerprint density at radius 1 is 0.773 bits per heavy atom. The standard InChI is InChI=1S/C37H33N3O3S/c1-27(39-34-19-11-12-24-38-34)26-43-32-22-20-28(21-23-32)25-33-35(41)40(36(42)44-33)37(29-13-5-2-6-14-29,30-15-7-3-8-16-30)31-17-9-4-10-18-31/h2-24,27,33H,25-26H2,1H3,(H,38,39). The van der Waals surface area contributed by atoms with Gasteiger partial charge in [-0.25, -0.2) is 4.98 Å². The first-order valence-corrected chi connectivity index (χ1v) is 15.5. The summed E-state index contributed by atoms with van der Waals surface area (Å²) in [4.78, 5) is 34.0. The minimum absolute atomic E-state index is 0.0631. The highest BCUT2D eigenvalue weighted by molar-refractivity contribution is 8.15. The molecular weight excluding hydrogens is 566 g/mol. The molecule has 2 amide bonds. The summed E-state index contributed by atoms with van der Waals surface area (Å²) >= 11 is 1.10. The van der Waals surface area contributed by atoms with Gasteiger partial charge < -0.3 is 10.1 Å². The summed E-state index contributed by atoms with van der Waals surface area (Å²) in [6.07, 6.45) is 2.18. The third-order valence-electron chi connectivity index (χ3n) is 7.74. The van der Waals surface area contributed by atoms with Gasteiger partial charge in [0.2, 0.25) is 5.91 Å². The smallest absolute Gasteiger partial charge is 0.290 e. The summed E-state index contributed by atoms with van der Waals surface area (Å²) in [5.41, 5.74) is 2.41. The van der Waals surface area contributed by atoms with Crippen molar-refractivity contribution in [1.29, 1.82) is 0 Å². The van der Waals surface area contributed by atoms with E-state index in [4.69, 9.17) is 4.74 Å². The first kappa shape index (κ1) is 29.2. The molecular formula is C37H33N3O3S. The van der Waals surface area contributed by atoms with Gasteiger partial charge in [0.25, 0.3) is 5.24 Å². The quantitative estimate of drug-likeness (QED) is 0.158. The zero-order valence-electron chi connectivity index (χ0n) is 24.4. The number of rotatable bonds is 11. The molecule has 1 fully saturated rings. The first-order valence-electron chi connectivity index (χ1n) is 14.7. The largest absolute Gasteiger partial charge is 0.491 e. The Balaban J connectivity index is 1.23. The van der Waals surface area contributed by atoms with E-state index in [1.807, 2.05) is 140 Å². The number of carbonyl (C=O) groups excluding carboxylic acids is 2. The number of imide groups is 1. The van der Waals surface area contributed by atoms with E-state index in [-0.39, 0.29) is 17.2 Å². The van der Waals surface area contributed by atoms with Crippen molar-refractivity contribution in [2.45, 2.75) is 30.2 Å². The number of carbonyl (C=O) groups is 2. The Hall–Kier alpha value is -4.88. The van der Waals surface area contributed by atoms with Crippen molar-refractivity contribution in [2.75, 3.05) is 11.9 Å². The molecule has 220 valence electrons. The summed E-state index contributed by atoms with van der Waals surface area (Å²) in [7, 11) is 0. The lowest BCUT2D eigenvalue weighted by Gasteiger charge is -2.42. The van der Waals surface area contributed by atoms with Crippen molar-refractivity contribution in [3.63, 3.8) is 0 Å². The van der Waals surface area contributed by atoms with E-state index in [1.165, 1.54) is 4.90 Å². The highest BCUT2D eigenvalue weighted by atomic mass is 32.2. The van der Waals surface area contributed by atoms with Crippen LogP contribution >= 0.6 is 11.8 Å². The molecule has 0 bridgehead atoms. The predicted molar refractivity (Wildman–Crippen MR) is 176 cm³/mol. The topological polar surface area (TPSA) is 71.5 Å². The number of amides is 2. The number of hydrogen-bond acceptors (Lipinski definition) is 6. The molecule has 0 radical (unpaired) electrons. The molecule has 0 saturated carbocycles. The zero-order chi connectivity index (χ0) is 30.4. The molecule has 7 heteroatoms. The molecule has 1 N–H and O–H groups in total. The Morgan fingerprint density at radius 2 is 1.32 bits per heavy atom. The maximum atomic E-state index is 14.3. The number of nitrogens with one attached hydrogen (secondary N) is 1. The number of anilines is 1. The maximum absolute atomic E-state index is 14.3. The van der Waals surface area contributed by atoms with E-state index in [1.54, 1.807) is 6.20 Å². The van der Waals surface area contributed by atoms with Gasteiger partial charge in [0.05, 0.1) is 11.3 Å². The normalized spacial score (nSPS) is 15.7.